The van der Waals surface area contributed by atoms with Crippen LogP contribution in [0.2, 0.25) is 0 Å². The maximum atomic E-state index is 14.1. The van der Waals surface area contributed by atoms with Gasteiger partial charge in [-0.1, -0.05) is 63.9 Å². The molecule has 1 saturated carbocycles. The fourth-order valence-corrected chi connectivity index (χ4v) is 4.02. The molecule has 7 nitrogen and oxygen atoms in total. The summed E-state index contributed by atoms with van der Waals surface area (Å²) in [5.41, 5.74) is 0.101. The zero-order chi connectivity index (χ0) is 25.3. The van der Waals surface area contributed by atoms with Gasteiger partial charge in [-0.3, -0.25) is 9.59 Å². The number of carbonyl (C=O) groups is 3. The normalized spacial score (nSPS) is 16.5. The number of nitrogens with zero attached hydrogens (tertiary/aromatic N) is 1. The Bertz CT molecular complexity index is 802. The zero-order valence-corrected chi connectivity index (χ0v) is 21.7. The van der Waals surface area contributed by atoms with Gasteiger partial charge in [0.2, 0.25) is 11.8 Å². The summed E-state index contributed by atoms with van der Waals surface area (Å²) in [5.74, 6) is -0.536. The molecule has 3 unspecified atom stereocenters. The number of benzene rings is 1. The Kier molecular flexibility index (Phi) is 10.4. The van der Waals surface area contributed by atoms with E-state index in [1.54, 1.807) is 25.7 Å². The molecular formula is C27H43N3O4. The third kappa shape index (κ3) is 7.74. The van der Waals surface area contributed by atoms with Crippen molar-refractivity contribution in [2.45, 2.75) is 104 Å². The monoisotopic (exact) mass is 473 g/mol. The Morgan fingerprint density at radius 3 is 2.26 bits per heavy atom. The van der Waals surface area contributed by atoms with Crippen molar-refractivity contribution >= 4 is 17.9 Å². The average Bonchev–Trinajstić information content (AvgIpc) is 2.74. The summed E-state index contributed by atoms with van der Waals surface area (Å²) >= 11 is 0. The van der Waals surface area contributed by atoms with Gasteiger partial charge < -0.3 is 20.3 Å². The Hall–Kier alpha value is -2.57. The van der Waals surface area contributed by atoms with E-state index >= 15 is 0 Å². The van der Waals surface area contributed by atoms with E-state index in [1.165, 1.54) is 0 Å². The van der Waals surface area contributed by atoms with E-state index in [0.717, 1.165) is 37.7 Å². The van der Waals surface area contributed by atoms with Crippen LogP contribution < -0.4 is 10.6 Å². The molecule has 3 amide bonds. The molecule has 0 spiro atoms. The molecule has 3 atom stereocenters. The molecule has 2 N–H and O–H groups in total. The van der Waals surface area contributed by atoms with Gasteiger partial charge in [0.15, 0.2) is 0 Å². The lowest BCUT2D eigenvalue weighted by atomic mass is 9.86. The fraction of sp³-hybridized carbons (Fsp3) is 0.667. The van der Waals surface area contributed by atoms with E-state index in [0.29, 0.717) is 13.0 Å². The van der Waals surface area contributed by atoms with Crippen LogP contribution in [-0.4, -0.2) is 47.0 Å². The quantitative estimate of drug-likeness (QED) is 0.445. The molecule has 0 saturated heterocycles. The maximum absolute atomic E-state index is 14.1. The van der Waals surface area contributed by atoms with Crippen LogP contribution in [0.1, 0.15) is 91.7 Å². The topological polar surface area (TPSA) is 87.7 Å². The molecular weight excluding hydrogens is 430 g/mol. The Labute approximate surface area is 205 Å². The van der Waals surface area contributed by atoms with Crippen molar-refractivity contribution in [2.24, 2.45) is 5.92 Å². The van der Waals surface area contributed by atoms with Gasteiger partial charge in [0.1, 0.15) is 17.7 Å². The number of nitrogens with one attached hydrogen (secondary N) is 2. The lowest BCUT2D eigenvalue weighted by Crippen LogP contribution is -2.59. The number of amides is 3. The predicted molar refractivity (Wildman–Crippen MR) is 134 cm³/mol. The third-order valence-electron chi connectivity index (χ3n) is 6.35. The second-order valence-corrected chi connectivity index (χ2v) is 10.3. The average molecular weight is 474 g/mol. The fourth-order valence-electron chi connectivity index (χ4n) is 4.02. The molecule has 0 aromatic heterocycles. The molecule has 0 aliphatic heterocycles. The smallest absolute Gasteiger partial charge is 0.408 e. The van der Waals surface area contributed by atoms with Gasteiger partial charge in [-0.25, -0.2) is 4.79 Å². The Morgan fingerprint density at radius 2 is 1.76 bits per heavy atom. The Balaban J connectivity index is 2.42. The van der Waals surface area contributed by atoms with Gasteiger partial charge in [0.05, 0.1) is 0 Å². The molecule has 0 bridgehead atoms. The molecule has 1 aromatic carbocycles. The number of unbranched alkanes of at least 4 members (excludes halogenated alkanes) is 1. The minimum absolute atomic E-state index is 0.0402. The van der Waals surface area contributed by atoms with Crippen LogP contribution in [0.3, 0.4) is 0 Å². The Morgan fingerprint density at radius 1 is 1.12 bits per heavy atom. The molecule has 34 heavy (non-hydrogen) atoms. The van der Waals surface area contributed by atoms with E-state index < -0.39 is 23.8 Å². The second-order valence-electron chi connectivity index (χ2n) is 10.3. The number of hydrogen-bond donors (Lipinski definition) is 2. The number of rotatable bonds is 11. The summed E-state index contributed by atoms with van der Waals surface area (Å²) in [4.78, 5) is 41.9. The van der Waals surface area contributed by atoms with Crippen LogP contribution in [0.4, 0.5) is 4.79 Å². The largest absolute Gasteiger partial charge is 0.444 e. The van der Waals surface area contributed by atoms with Crippen molar-refractivity contribution in [1.29, 1.82) is 0 Å². The molecule has 1 fully saturated rings. The number of alkyl carbamates (subject to hydrolysis) is 1. The highest BCUT2D eigenvalue weighted by atomic mass is 16.6. The van der Waals surface area contributed by atoms with Crippen molar-refractivity contribution in [1.82, 2.24) is 15.5 Å². The molecule has 7 heteroatoms. The molecule has 1 aliphatic rings. The van der Waals surface area contributed by atoms with Crippen LogP contribution >= 0.6 is 0 Å². The highest BCUT2D eigenvalue weighted by Crippen LogP contribution is 2.34. The maximum Gasteiger partial charge on any atom is 0.408 e. The predicted octanol–water partition coefficient (Wildman–Crippen LogP) is 4.96. The summed E-state index contributed by atoms with van der Waals surface area (Å²) in [6, 6.07) is 7.88. The first-order chi connectivity index (χ1) is 16.1. The van der Waals surface area contributed by atoms with Crippen LogP contribution in [-0.2, 0) is 14.3 Å². The molecule has 190 valence electrons. The van der Waals surface area contributed by atoms with Crippen LogP contribution in [0.5, 0.6) is 0 Å². The van der Waals surface area contributed by atoms with E-state index in [-0.39, 0.29) is 23.8 Å². The van der Waals surface area contributed by atoms with Gasteiger partial charge in [-0.05, 0) is 57.9 Å². The van der Waals surface area contributed by atoms with Crippen LogP contribution in [0.25, 0.3) is 0 Å². The minimum Gasteiger partial charge on any atom is -0.444 e. The second kappa shape index (κ2) is 12.8. The van der Waals surface area contributed by atoms with E-state index in [9.17, 15) is 14.4 Å². The summed E-state index contributed by atoms with van der Waals surface area (Å²) < 4.78 is 5.45. The van der Waals surface area contributed by atoms with Gasteiger partial charge in [-0.2, -0.15) is 0 Å². The van der Waals surface area contributed by atoms with Gasteiger partial charge >= 0.3 is 6.09 Å². The summed E-state index contributed by atoms with van der Waals surface area (Å²) in [7, 11) is 0. The first-order valence-corrected chi connectivity index (χ1v) is 12.7. The van der Waals surface area contributed by atoms with Gasteiger partial charge in [0.25, 0.3) is 0 Å². The SMILES string of the molecule is CCCCNC(=O)C(c1ccccc1)N(C(=O)C(NC(=O)OC(C)(C)C)C(C)CC)C1CCC1. The van der Waals surface area contributed by atoms with Crippen molar-refractivity contribution in [3.63, 3.8) is 0 Å². The van der Waals surface area contributed by atoms with Crippen LogP contribution in [0, 0.1) is 5.92 Å². The first-order valence-electron chi connectivity index (χ1n) is 12.7. The van der Waals surface area contributed by atoms with Crippen molar-refractivity contribution in [2.75, 3.05) is 6.54 Å². The van der Waals surface area contributed by atoms with E-state index in [1.807, 2.05) is 44.2 Å². The summed E-state index contributed by atoms with van der Waals surface area (Å²) in [6.07, 6.45) is 4.62. The minimum atomic E-state index is -0.782. The highest BCUT2D eigenvalue weighted by Gasteiger charge is 2.43. The number of carbonyl (C=O) groups excluding carboxylic acids is 3. The van der Waals surface area contributed by atoms with E-state index in [4.69, 9.17) is 4.74 Å². The van der Waals surface area contributed by atoms with Crippen molar-refractivity contribution < 1.29 is 19.1 Å². The lowest BCUT2D eigenvalue weighted by Gasteiger charge is -2.44. The summed E-state index contributed by atoms with van der Waals surface area (Å²) in [6.45, 7) is 11.9. The number of hydrogen-bond acceptors (Lipinski definition) is 4. The summed E-state index contributed by atoms with van der Waals surface area (Å²) in [5, 5.41) is 5.85. The molecule has 0 radical (unpaired) electrons. The highest BCUT2D eigenvalue weighted by molar-refractivity contribution is 5.92. The third-order valence-corrected chi connectivity index (χ3v) is 6.35. The lowest BCUT2D eigenvalue weighted by molar-refractivity contribution is -0.148. The molecule has 1 aliphatic carbocycles. The van der Waals surface area contributed by atoms with Gasteiger partial charge in [0, 0.05) is 12.6 Å². The molecule has 2 rings (SSSR count). The van der Waals surface area contributed by atoms with Crippen molar-refractivity contribution in [3.05, 3.63) is 35.9 Å². The van der Waals surface area contributed by atoms with Gasteiger partial charge in [-0.15, -0.1) is 0 Å². The van der Waals surface area contributed by atoms with Crippen molar-refractivity contribution in [3.8, 4) is 0 Å². The first kappa shape index (κ1) is 27.7. The van der Waals surface area contributed by atoms with Crippen LogP contribution in [0.15, 0.2) is 30.3 Å². The zero-order valence-electron chi connectivity index (χ0n) is 21.7. The van der Waals surface area contributed by atoms with E-state index in [2.05, 4.69) is 17.6 Å². The molecule has 1 aromatic rings. The molecule has 0 heterocycles. The number of ether oxygens (including phenoxy) is 1. The standard InChI is InChI=1S/C27H43N3O4/c1-7-9-18-28-24(31)23(20-14-11-10-12-15-20)30(21-16-13-17-21)25(32)22(19(3)8-2)29-26(33)34-27(4,5)6/h10-12,14-15,19,21-23H,7-9,13,16-18H2,1-6H3,(H,28,31)(H,29,33).